The minimum atomic E-state index is 1.12. The van der Waals surface area contributed by atoms with Gasteiger partial charge < -0.3 is 0 Å². The zero-order valence-corrected chi connectivity index (χ0v) is 14.7. The van der Waals surface area contributed by atoms with Gasteiger partial charge in [-0.05, 0) is 47.9 Å². The van der Waals surface area contributed by atoms with Crippen molar-refractivity contribution in [2.45, 2.75) is 58.8 Å². The number of hydrogen-bond donors (Lipinski definition) is 0. The highest BCUT2D eigenvalue weighted by molar-refractivity contribution is 5.49. The molecule has 0 aromatic heterocycles. The first-order valence-electron chi connectivity index (χ1n) is 9.15. The fourth-order valence-electron chi connectivity index (χ4n) is 2.79. The third-order valence-electron chi connectivity index (χ3n) is 4.28. The van der Waals surface area contributed by atoms with Crippen LogP contribution >= 0.6 is 0 Å². The lowest BCUT2D eigenvalue weighted by molar-refractivity contribution is 0.816. The fraction of sp³-hybridized carbons (Fsp3) is 0.391. The van der Waals surface area contributed by atoms with E-state index in [1.807, 2.05) is 0 Å². The summed E-state index contributed by atoms with van der Waals surface area (Å²) in [5, 5.41) is 0. The highest BCUT2D eigenvalue weighted by atomic mass is 14.0. The molecule has 0 heterocycles. The number of rotatable bonds is 9. The molecule has 2 aromatic carbocycles. The number of unbranched alkanes of at least 4 members (excludes halogenated alkanes) is 2. The fourth-order valence-corrected chi connectivity index (χ4v) is 2.79. The van der Waals surface area contributed by atoms with Gasteiger partial charge in [-0.15, -0.1) is 0 Å². The highest BCUT2D eigenvalue weighted by Gasteiger charge is 1.97. The Bertz CT molecular complexity index is 572. The van der Waals surface area contributed by atoms with Gasteiger partial charge in [0, 0.05) is 0 Å². The van der Waals surface area contributed by atoms with E-state index in [0.717, 1.165) is 12.8 Å². The van der Waals surface area contributed by atoms with E-state index in [1.165, 1.54) is 54.4 Å². The van der Waals surface area contributed by atoms with E-state index in [0.29, 0.717) is 0 Å². The number of allylic oxidation sites excluding steroid dienone is 1. The largest absolute Gasteiger partial charge is 0.0839 e. The number of aryl methyl sites for hydroxylation is 3. The van der Waals surface area contributed by atoms with E-state index in [9.17, 15) is 0 Å². The molecule has 0 N–H and O–H groups in total. The third kappa shape index (κ3) is 6.44. The van der Waals surface area contributed by atoms with Gasteiger partial charge in [0.05, 0.1) is 0 Å². The Morgan fingerprint density at radius 2 is 1.17 bits per heavy atom. The van der Waals surface area contributed by atoms with Crippen LogP contribution in [0.15, 0.2) is 54.6 Å². The lowest BCUT2D eigenvalue weighted by atomic mass is 10.0. The predicted molar refractivity (Wildman–Crippen MR) is 103 cm³/mol. The summed E-state index contributed by atoms with van der Waals surface area (Å²) >= 11 is 0. The van der Waals surface area contributed by atoms with Crippen LogP contribution in [0.2, 0.25) is 0 Å². The Hall–Kier alpha value is -1.82. The minimum Gasteiger partial charge on any atom is -0.0839 e. The van der Waals surface area contributed by atoms with Crippen LogP contribution in [0.4, 0.5) is 0 Å². The number of benzene rings is 2. The van der Waals surface area contributed by atoms with Crippen molar-refractivity contribution in [2.75, 3.05) is 0 Å². The third-order valence-corrected chi connectivity index (χ3v) is 4.28. The average Bonchev–Trinajstić information content (AvgIpc) is 2.59. The molecular formula is C23H30. The van der Waals surface area contributed by atoms with Crippen LogP contribution in [-0.2, 0) is 19.3 Å². The molecule has 0 aliphatic carbocycles. The smallest absolute Gasteiger partial charge is 0.0238 e. The molecule has 0 aliphatic heterocycles. The molecule has 0 atom stereocenters. The maximum Gasteiger partial charge on any atom is -0.0238 e. The first-order valence-corrected chi connectivity index (χ1v) is 9.15. The normalized spacial score (nSPS) is 11.2. The van der Waals surface area contributed by atoms with Gasteiger partial charge in [-0.1, -0.05) is 93.8 Å². The predicted octanol–water partition coefficient (Wildman–Crippen LogP) is 6.63. The van der Waals surface area contributed by atoms with Crippen molar-refractivity contribution >= 4 is 6.08 Å². The van der Waals surface area contributed by atoms with Crippen molar-refractivity contribution in [3.8, 4) is 0 Å². The Morgan fingerprint density at radius 3 is 1.70 bits per heavy atom. The molecule has 0 spiro atoms. The standard InChI is InChI=1S/C23H30/c1-3-5-6-7-9-21-12-16-23(17-13-21)19-18-22-14-10-20(8-4-2)11-15-22/h7,9-17H,3-6,8,18-19H2,1-2H3. The van der Waals surface area contributed by atoms with Gasteiger partial charge in [0.15, 0.2) is 0 Å². The molecule has 2 aromatic rings. The minimum absolute atomic E-state index is 1.12. The molecule has 0 heteroatoms. The molecule has 0 aliphatic rings. The van der Waals surface area contributed by atoms with Crippen molar-refractivity contribution < 1.29 is 0 Å². The van der Waals surface area contributed by atoms with Crippen molar-refractivity contribution in [3.63, 3.8) is 0 Å². The zero-order chi connectivity index (χ0) is 16.3. The second-order valence-electron chi connectivity index (χ2n) is 6.35. The second kappa shape index (κ2) is 10.0. The molecule has 0 saturated carbocycles. The molecule has 0 amide bonds. The van der Waals surface area contributed by atoms with Crippen molar-refractivity contribution in [3.05, 3.63) is 76.9 Å². The summed E-state index contributed by atoms with van der Waals surface area (Å²) < 4.78 is 0. The van der Waals surface area contributed by atoms with Crippen LogP contribution in [0.25, 0.3) is 6.08 Å². The molecule has 0 unspecified atom stereocenters. The van der Waals surface area contributed by atoms with Gasteiger partial charge >= 0.3 is 0 Å². The SMILES string of the molecule is CCCCC=Cc1ccc(CCc2ccc(CCC)cc2)cc1. The summed E-state index contributed by atoms with van der Waals surface area (Å²) in [5.74, 6) is 0. The van der Waals surface area contributed by atoms with Gasteiger partial charge in [-0.25, -0.2) is 0 Å². The molecule has 122 valence electrons. The Balaban J connectivity index is 1.82. The molecule has 0 saturated heterocycles. The van der Waals surface area contributed by atoms with Crippen molar-refractivity contribution in [2.24, 2.45) is 0 Å². The van der Waals surface area contributed by atoms with Crippen LogP contribution in [0.3, 0.4) is 0 Å². The lowest BCUT2D eigenvalue weighted by Crippen LogP contribution is -1.92. The summed E-state index contributed by atoms with van der Waals surface area (Å²) in [6.45, 7) is 4.47. The van der Waals surface area contributed by atoms with Gasteiger partial charge in [-0.2, -0.15) is 0 Å². The van der Waals surface area contributed by atoms with E-state index in [4.69, 9.17) is 0 Å². The second-order valence-corrected chi connectivity index (χ2v) is 6.35. The maximum absolute atomic E-state index is 2.29. The van der Waals surface area contributed by atoms with E-state index < -0.39 is 0 Å². The van der Waals surface area contributed by atoms with E-state index in [1.54, 1.807) is 0 Å². The summed E-state index contributed by atoms with van der Waals surface area (Å²) in [6, 6.07) is 18.2. The summed E-state index contributed by atoms with van der Waals surface area (Å²) in [6.07, 6.45) is 12.9. The Morgan fingerprint density at radius 1 is 0.652 bits per heavy atom. The van der Waals surface area contributed by atoms with Crippen molar-refractivity contribution in [1.29, 1.82) is 0 Å². The molecule has 0 nitrogen and oxygen atoms in total. The monoisotopic (exact) mass is 306 g/mol. The summed E-state index contributed by atoms with van der Waals surface area (Å²) in [7, 11) is 0. The molecule has 0 radical (unpaired) electrons. The van der Waals surface area contributed by atoms with Gasteiger partial charge in [0.2, 0.25) is 0 Å². The first-order chi connectivity index (χ1) is 11.3. The zero-order valence-electron chi connectivity index (χ0n) is 14.7. The van der Waals surface area contributed by atoms with E-state index >= 15 is 0 Å². The topological polar surface area (TPSA) is 0 Å². The van der Waals surface area contributed by atoms with Gasteiger partial charge in [-0.3, -0.25) is 0 Å². The molecular weight excluding hydrogens is 276 g/mol. The molecule has 0 bridgehead atoms. The molecule has 2 rings (SSSR count). The molecule has 23 heavy (non-hydrogen) atoms. The lowest BCUT2D eigenvalue weighted by Gasteiger charge is -2.05. The number of hydrogen-bond acceptors (Lipinski definition) is 0. The maximum atomic E-state index is 2.29. The Kier molecular flexibility index (Phi) is 7.66. The van der Waals surface area contributed by atoms with E-state index in [2.05, 4.69) is 74.5 Å². The van der Waals surface area contributed by atoms with Crippen molar-refractivity contribution in [1.82, 2.24) is 0 Å². The quantitative estimate of drug-likeness (QED) is 0.456. The van der Waals surface area contributed by atoms with Gasteiger partial charge in [0.1, 0.15) is 0 Å². The van der Waals surface area contributed by atoms with Crippen LogP contribution in [0, 0.1) is 0 Å². The van der Waals surface area contributed by atoms with Crippen LogP contribution in [0.5, 0.6) is 0 Å². The van der Waals surface area contributed by atoms with E-state index in [-0.39, 0.29) is 0 Å². The van der Waals surface area contributed by atoms with Gasteiger partial charge in [0.25, 0.3) is 0 Å². The highest BCUT2D eigenvalue weighted by Crippen LogP contribution is 2.12. The summed E-state index contributed by atoms with van der Waals surface area (Å²) in [5.41, 5.74) is 5.63. The van der Waals surface area contributed by atoms with Crippen LogP contribution in [-0.4, -0.2) is 0 Å². The average molecular weight is 306 g/mol. The first kappa shape index (κ1) is 17.5. The molecule has 0 fully saturated rings. The summed E-state index contributed by atoms with van der Waals surface area (Å²) in [4.78, 5) is 0. The van der Waals surface area contributed by atoms with Crippen LogP contribution < -0.4 is 0 Å². The van der Waals surface area contributed by atoms with Crippen LogP contribution in [0.1, 0.15) is 61.8 Å². The Labute approximate surface area is 142 Å².